The lowest BCUT2D eigenvalue weighted by atomic mass is 9.91. The van der Waals surface area contributed by atoms with Crippen molar-refractivity contribution in [3.8, 4) is 0 Å². The van der Waals surface area contributed by atoms with E-state index in [4.69, 9.17) is 0 Å². The van der Waals surface area contributed by atoms with Gasteiger partial charge in [0.25, 0.3) is 0 Å². The van der Waals surface area contributed by atoms with Gasteiger partial charge in [-0.25, -0.2) is 4.39 Å². The quantitative estimate of drug-likeness (QED) is 0.845. The number of halogens is 1. The van der Waals surface area contributed by atoms with Crippen molar-refractivity contribution in [1.29, 1.82) is 0 Å². The highest BCUT2D eigenvalue weighted by molar-refractivity contribution is 5.24. The molecule has 1 heterocycles. The van der Waals surface area contributed by atoms with Gasteiger partial charge in [0.2, 0.25) is 0 Å². The minimum absolute atomic E-state index is 0.538. The van der Waals surface area contributed by atoms with Gasteiger partial charge >= 0.3 is 0 Å². The molecular formula is C15H22FN. The zero-order valence-corrected chi connectivity index (χ0v) is 10.6. The van der Waals surface area contributed by atoms with Crippen molar-refractivity contribution in [2.24, 2.45) is 5.92 Å². The standard InChI is InChI=1S/C15H22FN/c1-12(16)8-13-4-2-5-14(9-13)10-15-6-3-7-17-11-15/h2,4-5,9,12,15,17H,3,6-8,10-11H2,1H3. The zero-order valence-electron chi connectivity index (χ0n) is 10.6. The highest BCUT2D eigenvalue weighted by Gasteiger charge is 2.13. The maximum Gasteiger partial charge on any atom is 0.101 e. The van der Waals surface area contributed by atoms with Gasteiger partial charge in [0.1, 0.15) is 6.17 Å². The number of hydrogen-bond donors (Lipinski definition) is 1. The van der Waals surface area contributed by atoms with Crippen LogP contribution in [0.5, 0.6) is 0 Å². The number of rotatable bonds is 4. The van der Waals surface area contributed by atoms with Crippen molar-refractivity contribution in [2.75, 3.05) is 13.1 Å². The molecule has 0 amide bonds. The second-order valence-corrected chi connectivity index (χ2v) is 5.22. The predicted octanol–water partition coefficient (Wildman–Crippen LogP) is 3.13. The van der Waals surface area contributed by atoms with E-state index in [1.807, 2.05) is 6.07 Å². The molecule has 0 saturated carbocycles. The third kappa shape index (κ3) is 4.12. The number of piperidine rings is 1. The first-order chi connectivity index (χ1) is 8.24. The van der Waals surface area contributed by atoms with Gasteiger partial charge in [-0.15, -0.1) is 0 Å². The first-order valence-corrected chi connectivity index (χ1v) is 6.66. The van der Waals surface area contributed by atoms with E-state index in [1.54, 1.807) is 6.92 Å². The summed E-state index contributed by atoms with van der Waals surface area (Å²) in [7, 11) is 0. The van der Waals surface area contributed by atoms with Gasteiger partial charge in [-0.2, -0.15) is 0 Å². The minimum atomic E-state index is -0.749. The number of alkyl halides is 1. The third-order valence-electron chi connectivity index (χ3n) is 3.43. The SMILES string of the molecule is CC(F)Cc1cccc(CC2CCCNC2)c1. The zero-order chi connectivity index (χ0) is 12.1. The Bertz CT molecular complexity index is 343. The highest BCUT2D eigenvalue weighted by Crippen LogP contribution is 2.18. The van der Waals surface area contributed by atoms with Crippen LogP contribution in [0.4, 0.5) is 4.39 Å². The van der Waals surface area contributed by atoms with E-state index in [0.717, 1.165) is 31.0 Å². The molecule has 1 N–H and O–H groups in total. The van der Waals surface area contributed by atoms with E-state index in [-0.39, 0.29) is 0 Å². The third-order valence-corrected chi connectivity index (χ3v) is 3.43. The first-order valence-electron chi connectivity index (χ1n) is 6.66. The second-order valence-electron chi connectivity index (χ2n) is 5.22. The molecule has 0 spiro atoms. The smallest absolute Gasteiger partial charge is 0.101 e. The van der Waals surface area contributed by atoms with E-state index >= 15 is 0 Å². The Labute approximate surface area is 103 Å². The fraction of sp³-hybridized carbons (Fsp3) is 0.600. The van der Waals surface area contributed by atoms with Crippen molar-refractivity contribution in [3.63, 3.8) is 0 Å². The summed E-state index contributed by atoms with van der Waals surface area (Å²) in [6.45, 7) is 3.91. The van der Waals surface area contributed by atoms with Crippen molar-refractivity contribution in [2.45, 2.75) is 38.8 Å². The van der Waals surface area contributed by atoms with E-state index in [2.05, 4.69) is 23.5 Å². The summed E-state index contributed by atoms with van der Waals surface area (Å²) in [5.41, 5.74) is 2.48. The monoisotopic (exact) mass is 235 g/mol. The van der Waals surface area contributed by atoms with Gasteiger partial charge in [-0.3, -0.25) is 0 Å². The van der Waals surface area contributed by atoms with Crippen molar-refractivity contribution in [3.05, 3.63) is 35.4 Å². The molecule has 0 aliphatic carbocycles. The molecule has 1 saturated heterocycles. The van der Waals surface area contributed by atoms with Crippen LogP contribution < -0.4 is 5.32 Å². The molecule has 17 heavy (non-hydrogen) atoms. The Hall–Kier alpha value is -0.890. The molecule has 2 heteroatoms. The Morgan fingerprint density at radius 2 is 2.24 bits per heavy atom. The van der Waals surface area contributed by atoms with Crippen LogP contribution in [0.3, 0.4) is 0 Å². The largest absolute Gasteiger partial charge is 0.316 e. The van der Waals surface area contributed by atoms with E-state index < -0.39 is 6.17 Å². The van der Waals surface area contributed by atoms with E-state index in [1.165, 1.54) is 18.4 Å². The predicted molar refractivity (Wildman–Crippen MR) is 70.0 cm³/mol. The first kappa shape index (κ1) is 12.6. The van der Waals surface area contributed by atoms with E-state index in [9.17, 15) is 4.39 Å². The molecule has 94 valence electrons. The molecule has 0 bridgehead atoms. The molecule has 1 aliphatic heterocycles. The molecule has 2 unspecified atom stereocenters. The Morgan fingerprint density at radius 1 is 1.41 bits per heavy atom. The molecule has 1 aliphatic rings. The lowest BCUT2D eigenvalue weighted by molar-refractivity contribution is 0.359. The summed E-state index contributed by atoms with van der Waals surface area (Å²) in [5, 5.41) is 3.44. The Balaban J connectivity index is 1.95. The molecule has 1 fully saturated rings. The summed E-state index contributed by atoms with van der Waals surface area (Å²) in [6.07, 6.45) is 3.52. The van der Waals surface area contributed by atoms with Crippen molar-refractivity contribution < 1.29 is 4.39 Å². The van der Waals surface area contributed by atoms with Gasteiger partial charge < -0.3 is 5.32 Å². The molecule has 1 aromatic rings. The fourth-order valence-electron chi connectivity index (χ4n) is 2.64. The summed E-state index contributed by atoms with van der Waals surface area (Å²) in [6, 6.07) is 8.42. The summed E-state index contributed by atoms with van der Waals surface area (Å²) in [4.78, 5) is 0. The minimum Gasteiger partial charge on any atom is -0.316 e. The molecule has 0 aromatic heterocycles. The maximum atomic E-state index is 13.0. The van der Waals surface area contributed by atoms with Crippen LogP contribution in [-0.4, -0.2) is 19.3 Å². The van der Waals surface area contributed by atoms with Crippen LogP contribution in [0.15, 0.2) is 24.3 Å². The molecule has 1 aromatic carbocycles. The van der Waals surface area contributed by atoms with Crippen LogP contribution in [0.2, 0.25) is 0 Å². The topological polar surface area (TPSA) is 12.0 Å². The molecular weight excluding hydrogens is 213 g/mol. The van der Waals surface area contributed by atoms with Crippen LogP contribution >= 0.6 is 0 Å². The fourth-order valence-corrected chi connectivity index (χ4v) is 2.64. The van der Waals surface area contributed by atoms with Gasteiger partial charge in [0.05, 0.1) is 0 Å². The average Bonchev–Trinajstić information content (AvgIpc) is 2.30. The Morgan fingerprint density at radius 3 is 2.94 bits per heavy atom. The van der Waals surface area contributed by atoms with Crippen LogP contribution in [0, 0.1) is 5.92 Å². The number of benzene rings is 1. The molecule has 0 radical (unpaired) electrons. The van der Waals surface area contributed by atoms with E-state index in [0.29, 0.717) is 6.42 Å². The molecule has 2 atom stereocenters. The van der Waals surface area contributed by atoms with Crippen molar-refractivity contribution >= 4 is 0 Å². The van der Waals surface area contributed by atoms with Gasteiger partial charge in [0, 0.05) is 6.42 Å². The van der Waals surface area contributed by atoms with Gasteiger partial charge in [0.15, 0.2) is 0 Å². The Kier molecular flexibility index (Phi) is 4.55. The lowest BCUT2D eigenvalue weighted by Crippen LogP contribution is -2.30. The van der Waals surface area contributed by atoms with Crippen LogP contribution in [-0.2, 0) is 12.8 Å². The van der Waals surface area contributed by atoms with Gasteiger partial charge in [-0.05, 0) is 56.3 Å². The van der Waals surface area contributed by atoms with Crippen LogP contribution in [0.1, 0.15) is 30.9 Å². The summed E-state index contributed by atoms with van der Waals surface area (Å²) < 4.78 is 13.0. The number of nitrogens with one attached hydrogen (secondary N) is 1. The van der Waals surface area contributed by atoms with Crippen LogP contribution in [0.25, 0.3) is 0 Å². The normalized spacial score (nSPS) is 22.4. The molecule has 1 nitrogen and oxygen atoms in total. The highest BCUT2D eigenvalue weighted by atomic mass is 19.1. The summed E-state index contributed by atoms with van der Waals surface area (Å²) in [5.74, 6) is 0.752. The second kappa shape index (κ2) is 6.15. The maximum absolute atomic E-state index is 13.0. The lowest BCUT2D eigenvalue weighted by Gasteiger charge is -2.22. The molecule has 2 rings (SSSR count). The summed E-state index contributed by atoms with van der Waals surface area (Å²) >= 11 is 0. The van der Waals surface area contributed by atoms with Gasteiger partial charge in [-0.1, -0.05) is 24.3 Å². The average molecular weight is 235 g/mol. The van der Waals surface area contributed by atoms with Crippen molar-refractivity contribution in [1.82, 2.24) is 5.32 Å². The number of hydrogen-bond acceptors (Lipinski definition) is 1.